The maximum absolute atomic E-state index is 12.3. The van der Waals surface area contributed by atoms with Crippen molar-refractivity contribution in [2.24, 2.45) is 0 Å². The summed E-state index contributed by atoms with van der Waals surface area (Å²) < 4.78 is 0. The smallest absolute Gasteiger partial charge is 0.237 e. The number of rotatable bonds is 7. The summed E-state index contributed by atoms with van der Waals surface area (Å²) in [5.74, 6) is 0.146. The van der Waals surface area contributed by atoms with Crippen LogP contribution >= 0.6 is 0 Å². The van der Waals surface area contributed by atoms with Crippen molar-refractivity contribution in [2.45, 2.75) is 71.0 Å². The lowest BCUT2D eigenvalue weighted by Crippen LogP contribution is -2.49. The quantitative estimate of drug-likeness (QED) is 0.757. The fourth-order valence-corrected chi connectivity index (χ4v) is 2.93. The molecule has 1 aromatic carbocycles. The molecule has 0 saturated heterocycles. The molecule has 1 aliphatic rings. The first kappa shape index (κ1) is 16.0. The molecule has 0 radical (unpaired) electrons. The topological polar surface area (TPSA) is 41.1 Å². The Morgan fingerprint density at radius 1 is 1.29 bits per heavy atom. The molecule has 2 rings (SSSR count). The Hall–Kier alpha value is -1.35. The van der Waals surface area contributed by atoms with Crippen molar-refractivity contribution in [3.8, 4) is 0 Å². The molecule has 1 aromatic rings. The van der Waals surface area contributed by atoms with Gasteiger partial charge in [-0.05, 0) is 30.9 Å². The first-order valence-corrected chi connectivity index (χ1v) is 8.31. The third-order valence-corrected chi connectivity index (χ3v) is 4.28. The molecule has 3 heteroatoms. The van der Waals surface area contributed by atoms with Crippen LogP contribution in [0.2, 0.25) is 0 Å². The lowest BCUT2D eigenvalue weighted by atomic mass is 9.95. The van der Waals surface area contributed by atoms with E-state index in [1.807, 2.05) is 0 Å². The van der Waals surface area contributed by atoms with E-state index in [2.05, 4.69) is 48.7 Å². The fraction of sp³-hybridized carbons (Fsp3) is 0.611. The Labute approximate surface area is 128 Å². The second kappa shape index (κ2) is 8.18. The van der Waals surface area contributed by atoms with Crippen LogP contribution in [0.3, 0.4) is 0 Å². The van der Waals surface area contributed by atoms with Crippen molar-refractivity contribution in [1.29, 1.82) is 0 Å². The van der Waals surface area contributed by atoms with Gasteiger partial charge in [-0.2, -0.15) is 0 Å². The van der Waals surface area contributed by atoms with Crippen molar-refractivity contribution in [3.05, 3.63) is 35.4 Å². The van der Waals surface area contributed by atoms with Gasteiger partial charge in [-0.25, -0.2) is 0 Å². The van der Waals surface area contributed by atoms with Crippen LogP contribution in [0.4, 0.5) is 0 Å². The predicted molar refractivity (Wildman–Crippen MR) is 87.1 cm³/mol. The fourth-order valence-electron chi connectivity index (χ4n) is 2.93. The van der Waals surface area contributed by atoms with Gasteiger partial charge in [0.1, 0.15) is 0 Å². The lowest BCUT2D eigenvalue weighted by molar-refractivity contribution is -0.124. The van der Waals surface area contributed by atoms with Crippen molar-refractivity contribution >= 4 is 5.91 Å². The van der Waals surface area contributed by atoms with E-state index in [4.69, 9.17) is 0 Å². The average Bonchev–Trinajstić information content (AvgIpc) is 2.51. The minimum absolute atomic E-state index is 0.0852. The predicted octanol–water partition coefficient (Wildman–Crippen LogP) is 3.18. The zero-order valence-electron chi connectivity index (χ0n) is 13.3. The Bertz CT molecular complexity index is 458. The zero-order valence-corrected chi connectivity index (χ0v) is 13.3. The highest BCUT2D eigenvalue weighted by Gasteiger charge is 2.24. The molecule has 2 N–H and O–H groups in total. The number of carbonyl (C=O) groups is 1. The van der Waals surface area contributed by atoms with Crippen LogP contribution in [0.5, 0.6) is 0 Å². The summed E-state index contributed by atoms with van der Waals surface area (Å²) in [5, 5.41) is 6.50. The highest BCUT2D eigenvalue weighted by atomic mass is 16.2. The summed E-state index contributed by atoms with van der Waals surface area (Å²) in [6.07, 6.45) is 6.90. The zero-order chi connectivity index (χ0) is 15.1. The standard InChI is InChI=1S/C18H28N2O/c1-3-4-5-6-9-14(2)20-18(21)17-12-15-10-7-8-11-16(15)13-19-17/h7-8,10-11,14,17,19H,3-6,9,12-13H2,1-2H3,(H,20,21). The van der Waals surface area contributed by atoms with Crippen LogP contribution < -0.4 is 10.6 Å². The van der Waals surface area contributed by atoms with Gasteiger partial charge in [-0.15, -0.1) is 0 Å². The van der Waals surface area contributed by atoms with E-state index in [1.165, 1.54) is 36.8 Å². The van der Waals surface area contributed by atoms with Gasteiger partial charge in [0.25, 0.3) is 0 Å². The minimum Gasteiger partial charge on any atom is -0.352 e. The van der Waals surface area contributed by atoms with Gasteiger partial charge >= 0.3 is 0 Å². The molecule has 3 nitrogen and oxygen atoms in total. The molecule has 0 aliphatic carbocycles. The van der Waals surface area contributed by atoms with Crippen molar-refractivity contribution in [3.63, 3.8) is 0 Å². The van der Waals surface area contributed by atoms with E-state index < -0.39 is 0 Å². The van der Waals surface area contributed by atoms with E-state index >= 15 is 0 Å². The van der Waals surface area contributed by atoms with Crippen molar-refractivity contribution < 1.29 is 4.79 Å². The van der Waals surface area contributed by atoms with E-state index in [0.717, 1.165) is 19.4 Å². The van der Waals surface area contributed by atoms with Gasteiger partial charge in [-0.1, -0.05) is 56.9 Å². The molecule has 116 valence electrons. The van der Waals surface area contributed by atoms with Gasteiger partial charge in [0.2, 0.25) is 5.91 Å². The van der Waals surface area contributed by atoms with Gasteiger partial charge in [0.15, 0.2) is 0 Å². The lowest BCUT2D eigenvalue weighted by Gasteiger charge is -2.26. The maximum Gasteiger partial charge on any atom is 0.237 e. The molecule has 0 spiro atoms. The molecule has 1 heterocycles. The van der Waals surface area contributed by atoms with Crippen LogP contribution in [0.1, 0.15) is 57.1 Å². The van der Waals surface area contributed by atoms with Gasteiger partial charge in [0, 0.05) is 12.6 Å². The monoisotopic (exact) mass is 288 g/mol. The summed E-state index contributed by atoms with van der Waals surface area (Å²) in [5.41, 5.74) is 2.61. The summed E-state index contributed by atoms with van der Waals surface area (Å²) in [6, 6.07) is 8.55. The molecule has 1 aliphatic heterocycles. The minimum atomic E-state index is -0.0852. The first-order chi connectivity index (χ1) is 10.2. The SMILES string of the molecule is CCCCCCC(C)NC(=O)C1Cc2ccccc2CN1. The largest absolute Gasteiger partial charge is 0.352 e. The molecule has 0 bridgehead atoms. The third kappa shape index (κ3) is 4.85. The van der Waals surface area contributed by atoms with Crippen molar-refractivity contribution in [1.82, 2.24) is 10.6 Å². The first-order valence-electron chi connectivity index (χ1n) is 8.31. The molecule has 2 atom stereocenters. The van der Waals surface area contributed by atoms with Crippen LogP contribution in [-0.2, 0) is 17.8 Å². The molecule has 0 saturated carbocycles. The Morgan fingerprint density at radius 2 is 2.05 bits per heavy atom. The summed E-state index contributed by atoms with van der Waals surface area (Å²) in [4.78, 5) is 12.3. The number of hydrogen-bond donors (Lipinski definition) is 2. The Kier molecular flexibility index (Phi) is 6.24. The Morgan fingerprint density at radius 3 is 2.81 bits per heavy atom. The number of benzene rings is 1. The maximum atomic E-state index is 12.3. The van der Waals surface area contributed by atoms with Gasteiger partial charge in [-0.3, -0.25) is 4.79 Å². The molecule has 0 fully saturated rings. The van der Waals surface area contributed by atoms with Gasteiger partial charge < -0.3 is 10.6 Å². The van der Waals surface area contributed by atoms with Crippen LogP contribution in [0, 0.1) is 0 Å². The number of amides is 1. The van der Waals surface area contributed by atoms with Crippen LogP contribution in [0.25, 0.3) is 0 Å². The van der Waals surface area contributed by atoms with Gasteiger partial charge in [0.05, 0.1) is 6.04 Å². The summed E-state index contributed by atoms with van der Waals surface area (Å²) in [6.45, 7) is 5.12. The van der Waals surface area contributed by atoms with Crippen molar-refractivity contribution in [2.75, 3.05) is 0 Å². The van der Waals surface area contributed by atoms with Crippen LogP contribution in [0.15, 0.2) is 24.3 Å². The third-order valence-electron chi connectivity index (χ3n) is 4.28. The molecular weight excluding hydrogens is 260 g/mol. The summed E-state index contributed by atoms with van der Waals surface area (Å²) >= 11 is 0. The van der Waals surface area contributed by atoms with Crippen LogP contribution in [-0.4, -0.2) is 18.0 Å². The number of fused-ring (bicyclic) bond motifs is 1. The normalized spacial score (nSPS) is 18.9. The second-order valence-electron chi connectivity index (χ2n) is 6.17. The average molecular weight is 288 g/mol. The number of nitrogens with one attached hydrogen (secondary N) is 2. The highest BCUT2D eigenvalue weighted by Crippen LogP contribution is 2.16. The molecule has 0 aromatic heterocycles. The molecule has 21 heavy (non-hydrogen) atoms. The molecule has 1 amide bonds. The Balaban J connectivity index is 1.76. The molecule has 2 unspecified atom stereocenters. The highest BCUT2D eigenvalue weighted by molar-refractivity contribution is 5.82. The van der Waals surface area contributed by atoms with E-state index in [0.29, 0.717) is 0 Å². The summed E-state index contributed by atoms with van der Waals surface area (Å²) in [7, 11) is 0. The van der Waals surface area contributed by atoms with E-state index in [1.54, 1.807) is 0 Å². The number of hydrogen-bond acceptors (Lipinski definition) is 2. The second-order valence-corrected chi connectivity index (χ2v) is 6.17. The van der Waals surface area contributed by atoms with E-state index in [-0.39, 0.29) is 18.0 Å². The number of carbonyl (C=O) groups excluding carboxylic acids is 1. The van der Waals surface area contributed by atoms with E-state index in [9.17, 15) is 4.79 Å². The number of unbranched alkanes of at least 4 members (excludes halogenated alkanes) is 3. The molecular formula is C18H28N2O.